The maximum absolute atomic E-state index is 12.1. The summed E-state index contributed by atoms with van der Waals surface area (Å²) in [6, 6.07) is 5.05. The zero-order chi connectivity index (χ0) is 14.5. The smallest absolute Gasteiger partial charge is 0.240 e. The Morgan fingerprint density at radius 1 is 1.37 bits per heavy atom. The number of carbonyl (C=O) groups is 1. The Balaban J connectivity index is 2.71. The summed E-state index contributed by atoms with van der Waals surface area (Å²) >= 11 is 3.24. The Morgan fingerprint density at radius 2 is 2.05 bits per heavy atom. The molecule has 0 aliphatic carbocycles. The number of aryl methyl sites for hydroxylation is 1. The molecule has 0 fully saturated rings. The number of amides is 1. The molecule has 0 saturated heterocycles. The van der Waals surface area contributed by atoms with Crippen molar-refractivity contribution in [1.82, 2.24) is 10.0 Å². The van der Waals surface area contributed by atoms with E-state index >= 15 is 0 Å². The number of rotatable bonds is 6. The topological polar surface area (TPSA) is 75.3 Å². The van der Waals surface area contributed by atoms with Gasteiger partial charge in [-0.3, -0.25) is 4.79 Å². The molecule has 0 aliphatic rings. The molecule has 7 heteroatoms. The van der Waals surface area contributed by atoms with E-state index < -0.39 is 10.0 Å². The van der Waals surface area contributed by atoms with E-state index in [0.29, 0.717) is 16.6 Å². The van der Waals surface area contributed by atoms with Crippen LogP contribution in [0.25, 0.3) is 0 Å². The Kier molecular flexibility index (Phi) is 5.96. The van der Waals surface area contributed by atoms with Crippen LogP contribution in [0.3, 0.4) is 0 Å². The third kappa shape index (κ3) is 4.93. The number of sulfonamides is 1. The van der Waals surface area contributed by atoms with Gasteiger partial charge in [0.05, 0.1) is 4.90 Å². The molecule has 0 bridgehead atoms. The van der Waals surface area contributed by atoms with E-state index in [4.69, 9.17) is 0 Å². The van der Waals surface area contributed by atoms with Gasteiger partial charge in [0.15, 0.2) is 0 Å². The Labute approximate surface area is 122 Å². The van der Waals surface area contributed by atoms with Gasteiger partial charge in [-0.15, -0.1) is 0 Å². The van der Waals surface area contributed by atoms with Gasteiger partial charge in [0.1, 0.15) is 0 Å². The number of nitrogens with one attached hydrogen (secondary N) is 2. The maximum Gasteiger partial charge on any atom is 0.240 e. The Bertz CT molecular complexity index is 558. The first-order valence-corrected chi connectivity index (χ1v) is 8.17. The van der Waals surface area contributed by atoms with Gasteiger partial charge < -0.3 is 5.32 Å². The fraction of sp³-hybridized carbons (Fsp3) is 0.417. The summed E-state index contributed by atoms with van der Waals surface area (Å²) < 4.78 is 27.3. The molecular weight excluding hydrogens is 332 g/mol. The van der Waals surface area contributed by atoms with Crippen LogP contribution in [0.5, 0.6) is 0 Å². The SMILES string of the molecule is CCNC(=O)CCNS(=O)(=O)c1cc(Br)ccc1C. The lowest BCUT2D eigenvalue weighted by Gasteiger charge is -2.09. The highest BCUT2D eigenvalue weighted by Crippen LogP contribution is 2.20. The van der Waals surface area contributed by atoms with Crippen molar-refractivity contribution in [2.24, 2.45) is 0 Å². The number of carbonyl (C=O) groups excluding carboxylic acids is 1. The molecule has 0 aromatic heterocycles. The van der Waals surface area contributed by atoms with Crippen LogP contribution in [0, 0.1) is 6.92 Å². The van der Waals surface area contributed by atoms with Crippen molar-refractivity contribution in [3.63, 3.8) is 0 Å². The van der Waals surface area contributed by atoms with Crippen LogP contribution in [0.4, 0.5) is 0 Å². The number of hydrogen-bond donors (Lipinski definition) is 2. The summed E-state index contributed by atoms with van der Waals surface area (Å²) in [5.74, 6) is -0.170. The fourth-order valence-electron chi connectivity index (χ4n) is 1.53. The Hall–Kier alpha value is -0.920. The van der Waals surface area contributed by atoms with Crippen LogP contribution in [0.1, 0.15) is 18.9 Å². The van der Waals surface area contributed by atoms with Crippen LogP contribution >= 0.6 is 15.9 Å². The van der Waals surface area contributed by atoms with Crippen LogP contribution in [0.2, 0.25) is 0 Å². The van der Waals surface area contributed by atoms with E-state index in [1.54, 1.807) is 25.1 Å². The number of benzene rings is 1. The molecule has 1 amide bonds. The molecule has 0 heterocycles. The predicted molar refractivity (Wildman–Crippen MR) is 77.4 cm³/mol. The second-order valence-electron chi connectivity index (χ2n) is 4.01. The molecule has 1 aromatic rings. The zero-order valence-corrected chi connectivity index (χ0v) is 13.3. The lowest BCUT2D eigenvalue weighted by atomic mass is 10.2. The van der Waals surface area contributed by atoms with Crippen LogP contribution in [-0.4, -0.2) is 27.4 Å². The summed E-state index contributed by atoms with van der Waals surface area (Å²) in [6.45, 7) is 4.16. The van der Waals surface area contributed by atoms with Crippen molar-refractivity contribution >= 4 is 31.9 Å². The largest absolute Gasteiger partial charge is 0.356 e. The van der Waals surface area contributed by atoms with Crippen molar-refractivity contribution in [2.75, 3.05) is 13.1 Å². The van der Waals surface area contributed by atoms with Crippen LogP contribution in [0.15, 0.2) is 27.6 Å². The van der Waals surface area contributed by atoms with Gasteiger partial charge in [-0.1, -0.05) is 22.0 Å². The quantitative estimate of drug-likeness (QED) is 0.819. The highest BCUT2D eigenvalue weighted by molar-refractivity contribution is 9.10. The molecule has 1 aromatic carbocycles. The first kappa shape index (κ1) is 16.1. The van der Waals surface area contributed by atoms with E-state index in [9.17, 15) is 13.2 Å². The molecule has 0 aliphatic heterocycles. The van der Waals surface area contributed by atoms with Gasteiger partial charge >= 0.3 is 0 Å². The maximum atomic E-state index is 12.1. The number of hydrogen-bond acceptors (Lipinski definition) is 3. The molecule has 5 nitrogen and oxygen atoms in total. The van der Waals surface area contributed by atoms with E-state index in [-0.39, 0.29) is 23.8 Å². The average molecular weight is 349 g/mol. The molecule has 1 rings (SSSR count). The summed E-state index contributed by atoms with van der Waals surface area (Å²) in [7, 11) is -3.58. The first-order chi connectivity index (χ1) is 8.86. The van der Waals surface area contributed by atoms with Crippen molar-refractivity contribution in [3.05, 3.63) is 28.2 Å². The van der Waals surface area contributed by atoms with Crippen LogP contribution in [-0.2, 0) is 14.8 Å². The second kappa shape index (κ2) is 7.02. The predicted octanol–water partition coefficient (Wildman–Crippen LogP) is 1.56. The van der Waals surface area contributed by atoms with E-state index in [0.717, 1.165) is 0 Å². The second-order valence-corrected chi connectivity index (χ2v) is 6.66. The highest BCUT2D eigenvalue weighted by Gasteiger charge is 2.17. The van der Waals surface area contributed by atoms with E-state index in [2.05, 4.69) is 26.0 Å². The molecule has 0 saturated carbocycles. The summed E-state index contributed by atoms with van der Waals surface area (Å²) in [5, 5.41) is 2.61. The molecule has 19 heavy (non-hydrogen) atoms. The minimum Gasteiger partial charge on any atom is -0.356 e. The van der Waals surface area contributed by atoms with Gasteiger partial charge in [-0.05, 0) is 31.5 Å². The summed E-state index contributed by atoms with van der Waals surface area (Å²) in [6.07, 6.45) is 0.125. The van der Waals surface area contributed by atoms with Crippen molar-refractivity contribution in [1.29, 1.82) is 0 Å². The van der Waals surface area contributed by atoms with Crippen molar-refractivity contribution in [3.8, 4) is 0 Å². The average Bonchev–Trinajstić information content (AvgIpc) is 2.32. The van der Waals surface area contributed by atoms with Gasteiger partial charge in [-0.2, -0.15) is 0 Å². The third-order valence-corrected chi connectivity index (χ3v) is 4.55. The molecule has 0 atom stereocenters. The monoisotopic (exact) mass is 348 g/mol. The van der Waals surface area contributed by atoms with Crippen LogP contribution < -0.4 is 10.0 Å². The zero-order valence-electron chi connectivity index (χ0n) is 10.9. The van der Waals surface area contributed by atoms with Crippen molar-refractivity contribution < 1.29 is 13.2 Å². The fourth-order valence-corrected chi connectivity index (χ4v) is 3.34. The standard InChI is InChI=1S/C12H17BrN2O3S/c1-3-14-12(16)6-7-15-19(17,18)11-8-10(13)5-4-9(11)2/h4-5,8,15H,3,6-7H2,1-2H3,(H,14,16). The van der Waals surface area contributed by atoms with Gasteiger partial charge in [0.25, 0.3) is 0 Å². The molecular formula is C12H17BrN2O3S. The molecule has 0 unspecified atom stereocenters. The Morgan fingerprint density at radius 3 is 2.68 bits per heavy atom. The third-order valence-electron chi connectivity index (χ3n) is 2.46. The van der Waals surface area contributed by atoms with Crippen molar-refractivity contribution in [2.45, 2.75) is 25.2 Å². The van der Waals surface area contributed by atoms with Gasteiger partial charge in [-0.25, -0.2) is 13.1 Å². The molecule has 106 valence electrons. The summed E-state index contributed by atoms with van der Waals surface area (Å²) in [4.78, 5) is 11.5. The summed E-state index contributed by atoms with van der Waals surface area (Å²) in [5.41, 5.74) is 0.661. The first-order valence-electron chi connectivity index (χ1n) is 5.89. The normalized spacial score (nSPS) is 11.3. The number of halogens is 1. The van der Waals surface area contributed by atoms with E-state index in [1.165, 1.54) is 0 Å². The van der Waals surface area contributed by atoms with E-state index in [1.807, 2.05) is 6.92 Å². The van der Waals surface area contributed by atoms with Gasteiger partial charge in [0.2, 0.25) is 15.9 Å². The lowest BCUT2D eigenvalue weighted by molar-refractivity contribution is -0.120. The molecule has 2 N–H and O–H groups in total. The minimum absolute atomic E-state index is 0.0835. The minimum atomic E-state index is -3.58. The molecule has 0 radical (unpaired) electrons. The molecule has 0 spiro atoms. The highest BCUT2D eigenvalue weighted by atomic mass is 79.9. The van der Waals surface area contributed by atoms with Gasteiger partial charge in [0, 0.05) is 24.0 Å². The lowest BCUT2D eigenvalue weighted by Crippen LogP contribution is -2.31.